The van der Waals surface area contributed by atoms with Gasteiger partial charge in [-0.1, -0.05) is 56.2 Å². The molecule has 2 aromatic carbocycles. The molecule has 0 heterocycles. The summed E-state index contributed by atoms with van der Waals surface area (Å²) in [7, 11) is 1.66. The van der Waals surface area contributed by atoms with E-state index >= 15 is 0 Å². The highest BCUT2D eigenvalue weighted by Crippen LogP contribution is 2.09. The largest absolute Gasteiger partial charge is 0.497 e. The van der Waals surface area contributed by atoms with E-state index in [2.05, 4.69) is 6.92 Å². The van der Waals surface area contributed by atoms with E-state index in [-0.39, 0.29) is 0 Å². The number of methoxy groups -OCH3 is 1. The van der Waals surface area contributed by atoms with Crippen LogP contribution in [0.3, 0.4) is 0 Å². The first-order chi connectivity index (χ1) is 9.86. The lowest BCUT2D eigenvalue weighted by atomic mass is 10.3. The van der Waals surface area contributed by atoms with Gasteiger partial charge in [0, 0.05) is 0 Å². The van der Waals surface area contributed by atoms with Crippen molar-refractivity contribution >= 4 is 0 Å². The molecule has 2 aromatic rings. The van der Waals surface area contributed by atoms with Crippen molar-refractivity contribution in [3.05, 3.63) is 60.7 Å². The molecule has 2 rings (SSSR count). The zero-order chi connectivity index (χ0) is 14.5. The third-order valence-electron chi connectivity index (χ3n) is 2.74. The maximum Gasteiger partial charge on any atom is 0.119 e. The predicted molar refractivity (Wildman–Crippen MR) is 84.5 cm³/mol. The highest BCUT2D eigenvalue weighted by molar-refractivity contribution is 5.21. The van der Waals surface area contributed by atoms with Crippen molar-refractivity contribution in [2.24, 2.45) is 0 Å². The molecule has 2 heteroatoms. The molecule has 2 nitrogen and oxygen atoms in total. The molecule has 0 aliphatic carbocycles. The van der Waals surface area contributed by atoms with Crippen LogP contribution in [0.1, 0.15) is 26.2 Å². The normalized spacial score (nSPS) is 9.30. The lowest BCUT2D eigenvalue weighted by Crippen LogP contribution is -1.96. The van der Waals surface area contributed by atoms with Crippen LogP contribution in [0.5, 0.6) is 11.5 Å². The zero-order valence-corrected chi connectivity index (χ0v) is 12.4. The van der Waals surface area contributed by atoms with Crippen LogP contribution in [0.15, 0.2) is 60.7 Å². The van der Waals surface area contributed by atoms with Crippen LogP contribution in [0.4, 0.5) is 0 Å². The Morgan fingerprint density at radius 3 is 1.75 bits per heavy atom. The number of para-hydroxylation sites is 2. The second kappa shape index (κ2) is 10.9. The fourth-order valence-electron chi connectivity index (χ4n) is 1.62. The first-order valence-corrected chi connectivity index (χ1v) is 7.13. The molecule has 0 atom stereocenters. The Balaban J connectivity index is 0.000000217. The third kappa shape index (κ3) is 7.47. The minimum absolute atomic E-state index is 0.845. The lowest BCUT2D eigenvalue weighted by molar-refractivity contribution is 0.306. The van der Waals surface area contributed by atoms with Crippen molar-refractivity contribution in [2.75, 3.05) is 13.7 Å². The van der Waals surface area contributed by atoms with Crippen LogP contribution in [-0.2, 0) is 0 Å². The molecule has 20 heavy (non-hydrogen) atoms. The highest BCUT2D eigenvalue weighted by atomic mass is 16.5. The summed E-state index contributed by atoms with van der Waals surface area (Å²) < 4.78 is 10.4. The number of ether oxygens (including phenoxy) is 2. The van der Waals surface area contributed by atoms with Crippen molar-refractivity contribution in [1.29, 1.82) is 0 Å². The summed E-state index contributed by atoms with van der Waals surface area (Å²) in [4.78, 5) is 0. The van der Waals surface area contributed by atoms with Gasteiger partial charge in [-0.15, -0.1) is 0 Å². The summed E-state index contributed by atoms with van der Waals surface area (Å²) in [5, 5.41) is 0. The molecule has 0 amide bonds. The molecule has 0 saturated carbocycles. The Bertz CT molecular complexity index is 426. The molecule has 0 radical (unpaired) electrons. The molecule has 0 aliphatic heterocycles. The van der Waals surface area contributed by atoms with E-state index in [0.29, 0.717) is 0 Å². The van der Waals surface area contributed by atoms with E-state index in [1.807, 2.05) is 60.7 Å². The molecular weight excluding hydrogens is 248 g/mol. The number of hydrogen-bond acceptors (Lipinski definition) is 2. The highest BCUT2D eigenvalue weighted by Gasteiger charge is 1.89. The minimum atomic E-state index is 0.845. The van der Waals surface area contributed by atoms with Gasteiger partial charge in [-0.25, -0.2) is 0 Å². The summed E-state index contributed by atoms with van der Waals surface area (Å²) in [6.45, 7) is 3.04. The molecule has 0 unspecified atom stereocenters. The average molecular weight is 272 g/mol. The van der Waals surface area contributed by atoms with Crippen LogP contribution in [-0.4, -0.2) is 13.7 Å². The SMILES string of the molecule is CCCCCOc1ccccc1.COc1ccccc1. The van der Waals surface area contributed by atoms with E-state index in [1.54, 1.807) is 7.11 Å². The van der Waals surface area contributed by atoms with Crippen molar-refractivity contribution in [1.82, 2.24) is 0 Å². The van der Waals surface area contributed by atoms with Crippen molar-refractivity contribution in [3.63, 3.8) is 0 Å². The van der Waals surface area contributed by atoms with Crippen molar-refractivity contribution in [3.8, 4) is 11.5 Å². The van der Waals surface area contributed by atoms with Gasteiger partial charge >= 0.3 is 0 Å². The van der Waals surface area contributed by atoms with Gasteiger partial charge in [0.2, 0.25) is 0 Å². The second-order valence-electron chi connectivity index (χ2n) is 4.39. The summed E-state index contributed by atoms with van der Waals surface area (Å²) in [5.41, 5.74) is 0. The van der Waals surface area contributed by atoms with Crippen LogP contribution < -0.4 is 9.47 Å². The Morgan fingerprint density at radius 1 is 0.750 bits per heavy atom. The summed E-state index contributed by atoms with van der Waals surface area (Å²) >= 11 is 0. The Labute approximate surface area is 122 Å². The van der Waals surface area contributed by atoms with Gasteiger partial charge in [0.05, 0.1) is 13.7 Å². The topological polar surface area (TPSA) is 18.5 Å². The van der Waals surface area contributed by atoms with Crippen LogP contribution >= 0.6 is 0 Å². The number of benzene rings is 2. The molecule has 0 saturated heterocycles. The van der Waals surface area contributed by atoms with E-state index in [4.69, 9.17) is 9.47 Å². The standard InChI is InChI=1S/C11H16O.C7H8O/c1-2-3-7-10-12-11-8-5-4-6-9-11;1-8-7-5-3-2-4-6-7/h4-6,8-9H,2-3,7,10H2,1H3;2-6H,1H3. The monoisotopic (exact) mass is 272 g/mol. The van der Waals surface area contributed by atoms with E-state index in [0.717, 1.165) is 24.5 Å². The van der Waals surface area contributed by atoms with Crippen LogP contribution in [0.25, 0.3) is 0 Å². The van der Waals surface area contributed by atoms with Gasteiger partial charge in [0.1, 0.15) is 11.5 Å². The van der Waals surface area contributed by atoms with E-state index in [9.17, 15) is 0 Å². The van der Waals surface area contributed by atoms with Gasteiger partial charge in [0.15, 0.2) is 0 Å². The fourth-order valence-corrected chi connectivity index (χ4v) is 1.62. The van der Waals surface area contributed by atoms with Crippen molar-refractivity contribution in [2.45, 2.75) is 26.2 Å². The molecular formula is C18H24O2. The van der Waals surface area contributed by atoms with Crippen molar-refractivity contribution < 1.29 is 9.47 Å². The molecule has 108 valence electrons. The van der Waals surface area contributed by atoms with Gasteiger partial charge in [-0.2, -0.15) is 0 Å². The molecule has 0 bridgehead atoms. The molecule has 0 aliphatic rings. The zero-order valence-electron chi connectivity index (χ0n) is 12.4. The average Bonchev–Trinajstić information content (AvgIpc) is 2.54. The van der Waals surface area contributed by atoms with Gasteiger partial charge in [-0.3, -0.25) is 0 Å². The first kappa shape index (κ1) is 16.1. The number of unbranched alkanes of at least 4 members (excludes halogenated alkanes) is 2. The van der Waals surface area contributed by atoms with Gasteiger partial charge in [0.25, 0.3) is 0 Å². The van der Waals surface area contributed by atoms with E-state index < -0.39 is 0 Å². The summed E-state index contributed by atoms with van der Waals surface area (Å²) in [5.74, 6) is 1.89. The fraction of sp³-hybridized carbons (Fsp3) is 0.333. The number of hydrogen-bond donors (Lipinski definition) is 0. The Morgan fingerprint density at radius 2 is 1.30 bits per heavy atom. The first-order valence-electron chi connectivity index (χ1n) is 7.13. The Kier molecular flexibility index (Phi) is 8.79. The maximum absolute atomic E-state index is 5.51. The molecule has 0 N–H and O–H groups in total. The van der Waals surface area contributed by atoms with Crippen LogP contribution in [0, 0.1) is 0 Å². The predicted octanol–water partition coefficient (Wildman–Crippen LogP) is 4.95. The lowest BCUT2D eigenvalue weighted by Gasteiger charge is -2.04. The number of rotatable bonds is 6. The summed E-state index contributed by atoms with van der Waals surface area (Å²) in [6, 6.07) is 19.7. The smallest absolute Gasteiger partial charge is 0.119 e. The maximum atomic E-state index is 5.51. The van der Waals surface area contributed by atoms with E-state index in [1.165, 1.54) is 12.8 Å². The second-order valence-corrected chi connectivity index (χ2v) is 4.39. The molecule has 0 spiro atoms. The van der Waals surface area contributed by atoms with Gasteiger partial charge < -0.3 is 9.47 Å². The van der Waals surface area contributed by atoms with Crippen LogP contribution in [0.2, 0.25) is 0 Å². The summed E-state index contributed by atoms with van der Waals surface area (Å²) in [6.07, 6.45) is 3.66. The third-order valence-corrected chi connectivity index (χ3v) is 2.74. The quantitative estimate of drug-likeness (QED) is 0.693. The van der Waals surface area contributed by atoms with Gasteiger partial charge in [-0.05, 0) is 30.7 Å². The minimum Gasteiger partial charge on any atom is -0.497 e. The Hall–Kier alpha value is -1.96. The molecule has 0 aromatic heterocycles. The molecule has 0 fully saturated rings.